The molecule has 0 radical (unpaired) electrons. The molecular formula is C14H26N4O. The van der Waals surface area contributed by atoms with Crippen LogP contribution in [-0.4, -0.2) is 36.7 Å². The largest absolute Gasteiger partial charge is 0.490 e. The van der Waals surface area contributed by atoms with Gasteiger partial charge in [0.15, 0.2) is 11.6 Å². The van der Waals surface area contributed by atoms with Gasteiger partial charge in [0.25, 0.3) is 0 Å². The molecule has 0 amide bonds. The average Bonchev–Trinajstić information content (AvgIpc) is 2.41. The summed E-state index contributed by atoms with van der Waals surface area (Å²) in [5.74, 6) is 2.95. The van der Waals surface area contributed by atoms with E-state index < -0.39 is 0 Å². The van der Waals surface area contributed by atoms with E-state index in [2.05, 4.69) is 47.9 Å². The molecule has 1 aromatic rings. The second kappa shape index (κ2) is 7.81. The van der Waals surface area contributed by atoms with E-state index in [1.165, 1.54) is 0 Å². The minimum atomic E-state index is 0.576. The molecule has 1 aromatic heterocycles. The van der Waals surface area contributed by atoms with Crippen molar-refractivity contribution >= 4 is 11.6 Å². The Morgan fingerprint density at radius 2 is 2.05 bits per heavy atom. The summed E-state index contributed by atoms with van der Waals surface area (Å²) < 4.78 is 5.51. The molecule has 5 nitrogen and oxygen atoms in total. The lowest BCUT2D eigenvalue weighted by atomic mass is 10.2. The van der Waals surface area contributed by atoms with E-state index in [1.807, 2.05) is 0 Å². The van der Waals surface area contributed by atoms with Gasteiger partial charge in [0.1, 0.15) is 6.33 Å². The van der Waals surface area contributed by atoms with Crippen molar-refractivity contribution in [1.29, 1.82) is 0 Å². The van der Waals surface area contributed by atoms with E-state index in [4.69, 9.17) is 4.74 Å². The molecule has 1 N–H and O–H groups in total. The number of methoxy groups -OCH3 is 1. The lowest BCUT2D eigenvalue weighted by Gasteiger charge is -2.26. The minimum Gasteiger partial charge on any atom is -0.490 e. The van der Waals surface area contributed by atoms with Gasteiger partial charge in [0, 0.05) is 19.6 Å². The molecule has 0 fully saturated rings. The van der Waals surface area contributed by atoms with E-state index in [1.54, 1.807) is 13.4 Å². The first kappa shape index (κ1) is 15.5. The van der Waals surface area contributed by atoms with Crippen molar-refractivity contribution in [3.8, 4) is 5.75 Å². The lowest BCUT2D eigenvalue weighted by Crippen LogP contribution is -2.28. The molecule has 1 heterocycles. The van der Waals surface area contributed by atoms with E-state index >= 15 is 0 Å². The molecule has 0 spiro atoms. The highest BCUT2D eigenvalue weighted by atomic mass is 16.5. The Bertz CT molecular complexity index is 382. The molecule has 0 saturated carbocycles. The van der Waals surface area contributed by atoms with E-state index in [-0.39, 0.29) is 0 Å². The molecule has 0 atom stereocenters. The molecule has 0 unspecified atom stereocenters. The molecule has 19 heavy (non-hydrogen) atoms. The zero-order valence-electron chi connectivity index (χ0n) is 12.7. The van der Waals surface area contributed by atoms with Gasteiger partial charge >= 0.3 is 0 Å². The first-order chi connectivity index (χ1) is 9.13. The molecule has 0 aliphatic heterocycles. The number of nitrogens with zero attached hydrogens (tertiary/aromatic N) is 3. The van der Waals surface area contributed by atoms with Crippen molar-refractivity contribution in [2.24, 2.45) is 5.92 Å². The Morgan fingerprint density at radius 3 is 2.58 bits per heavy atom. The standard InChI is InChI=1S/C14H26N4O/c1-6-8-15-13-12(19-5)14(17-10-16-13)18(7-2)9-11(3)4/h10-11H,6-9H2,1-5H3,(H,15,16,17). The van der Waals surface area contributed by atoms with Crippen LogP contribution >= 0.6 is 0 Å². The quantitative estimate of drug-likeness (QED) is 0.784. The number of anilines is 2. The third-order valence-corrected chi connectivity index (χ3v) is 2.80. The number of hydrogen-bond acceptors (Lipinski definition) is 5. The number of nitrogens with one attached hydrogen (secondary N) is 1. The maximum absolute atomic E-state index is 5.51. The van der Waals surface area contributed by atoms with Crippen LogP contribution in [-0.2, 0) is 0 Å². The van der Waals surface area contributed by atoms with Gasteiger partial charge < -0.3 is 15.0 Å². The fourth-order valence-electron chi connectivity index (χ4n) is 1.95. The highest BCUT2D eigenvalue weighted by Crippen LogP contribution is 2.32. The van der Waals surface area contributed by atoms with Crippen LogP contribution in [0.1, 0.15) is 34.1 Å². The highest BCUT2D eigenvalue weighted by Gasteiger charge is 2.17. The first-order valence-electron chi connectivity index (χ1n) is 7.01. The van der Waals surface area contributed by atoms with Crippen LogP contribution in [0.5, 0.6) is 5.75 Å². The third kappa shape index (κ3) is 4.26. The van der Waals surface area contributed by atoms with Crippen LogP contribution in [0.25, 0.3) is 0 Å². The van der Waals surface area contributed by atoms with Crippen molar-refractivity contribution in [2.75, 3.05) is 37.0 Å². The van der Waals surface area contributed by atoms with Crippen LogP contribution in [0.3, 0.4) is 0 Å². The van der Waals surface area contributed by atoms with Crippen molar-refractivity contribution in [2.45, 2.75) is 34.1 Å². The van der Waals surface area contributed by atoms with Gasteiger partial charge in [-0.1, -0.05) is 20.8 Å². The zero-order chi connectivity index (χ0) is 14.3. The van der Waals surface area contributed by atoms with Gasteiger partial charge in [0.2, 0.25) is 5.75 Å². The highest BCUT2D eigenvalue weighted by molar-refractivity contribution is 5.64. The van der Waals surface area contributed by atoms with Gasteiger partial charge in [-0.3, -0.25) is 0 Å². The SMILES string of the molecule is CCCNc1ncnc(N(CC)CC(C)C)c1OC. The van der Waals surface area contributed by atoms with Crippen LogP contribution in [0.15, 0.2) is 6.33 Å². The first-order valence-corrected chi connectivity index (χ1v) is 7.01. The van der Waals surface area contributed by atoms with Gasteiger partial charge in [-0.05, 0) is 19.3 Å². The molecular weight excluding hydrogens is 240 g/mol. The second-order valence-electron chi connectivity index (χ2n) is 4.94. The van der Waals surface area contributed by atoms with Crippen LogP contribution in [0, 0.1) is 5.92 Å². The smallest absolute Gasteiger partial charge is 0.204 e. The van der Waals surface area contributed by atoms with Crippen molar-refractivity contribution < 1.29 is 4.74 Å². The summed E-state index contributed by atoms with van der Waals surface area (Å²) in [5, 5.41) is 3.28. The van der Waals surface area contributed by atoms with Gasteiger partial charge in [-0.2, -0.15) is 0 Å². The molecule has 0 saturated heterocycles. The maximum Gasteiger partial charge on any atom is 0.204 e. The van der Waals surface area contributed by atoms with E-state index in [9.17, 15) is 0 Å². The Hall–Kier alpha value is -1.52. The molecule has 5 heteroatoms. The van der Waals surface area contributed by atoms with Crippen LogP contribution in [0.2, 0.25) is 0 Å². The number of ether oxygens (including phenoxy) is 1. The summed E-state index contributed by atoms with van der Waals surface area (Å²) in [4.78, 5) is 10.9. The predicted molar refractivity (Wildman–Crippen MR) is 80.1 cm³/mol. The fraction of sp³-hybridized carbons (Fsp3) is 0.714. The Balaban J connectivity index is 3.03. The zero-order valence-corrected chi connectivity index (χ0v) is 12.7. The summed E-state index contributed by atoms with van der Waals surface area (Å²) in [6.07, 6.45) is 2.64. The predicted octanol–water partition coefficient (Wildman–Crippen LogP) is 2.79. The molecule has 0 bridgehead atoms. The number of hydrogen-bond donors (Lipinski definition) is 1. The Morgan fingerprint density at radius 1 is 1.32 bits per heavy atom. The minimum absolute atomic E-state index is 0.576. The van der Waals surface area contributed by atoms with Gasteiger partial charge in [-0.25, -0.2) is 9.97 Å². The summed E-state index contributed by atoms with van der Waals surface area (Å²) in [5.41, 5.74) is 0. The molecule has 108 valence electrons. The topological polar surface area (TPSA) is 50.3 Å². The number of aromatic nitrogens is 2. The van der Waals surface area contributed by atoms with Crippen LogP contribution in [0.4, 0.5) is 11.6 Å². The van der Waals surface area contributed by atoms with Crippen molar-refractivity contribution in [3.05, 3.63) is 6.33 Å². The fourth-order valence-corrected chi connectivity index (χ4v) is 1.95. The van der Waals surface area contributed by atoms with Crippen LogP contribution < -0.4 is 15.0 Å². The maximum atomic E-state index is 5.51. The molecule has 0 aliphatic rings. The summed E-state index contributed by atoms with van der Waals surface area (Å²) >= 11 is 0. The summed E-state index contributed by atoms with van der Waals surface area (Å²) in [6.45, 7) is 11.4. The molecule has 1 rings (SSSR count). The monoisotopic (exact) mass is 266 g/mol. The lowest BCUT2D eigenvalue weighted by molar-refractivity contribution is 0.411. The Labute approximate surface area is 116 Å². The Kier molecular flexibility index (Phi) is 6.39. The third-order valence-electron chi connectivity index (χ3n) is 2.80. The molecule has 0 aliphatic carbocycles. The second-order valence-corrected chi connectivity index (χ2v) is 4.94. The van der Waals surface area contributed by atoms with E-state index in [0.29, 0.717) is 5.92 Å². The molecule has 0 aromatic carbocycles. The van der Waals surface area contributed by atoms with Gasteiger partial charge in [0.05, 0.1) is 7.11 Å². The van der Waals surface area contributed by atoms with Crippen molar-refractivity contribution in [1.82, 2.24) is 9.97 Å². The van der Waals surface area contributed by atoms with Gasteiger partial charge in [-0.15, -0.1) is 0 Å². The summed E-state index contributed by atoms with van der Waals surface area (Å²) in [6, 6.07) is 0. The average molecular weight is 266 g/mol. The summed E-state index contributed by atoms with van der Waals surface area (Å²) in [7, 11) is 1.67. The van der Waals surface area contributed by atoms with Crippen molar-refractivity contribution in [3.63, 3.8) is 0 Å². The number of rotatable bonds is 8. The van der Waals surface area contributed by atoms with E-state index in [0.717, 1.165) is 43.4 Å². The normalized spacial score (nSPS) is 10.6.